The Morgan fingerprint density at radius 3 is 1.15 bits per heavy atom. The molecule has 0 aliphatic carbocycles. The van der Waals surface area contributed by atoms with Crippen LogP contribution in [0.4, 0.5) is 0 Å². The zero-order valence-electron chi connectivity index (χ0n) is 21.7. The molecule has 3 saturated heterocycles. The van der Waals surface area contributed by atoms with Crippen LogP contribution in [0, 0.1) is 0 Å². The first-order chi connectivity index (χ1) is 18.3. The van der Waals surface area contributed by atoms with Crippen molar-refractivity contribution in [1.29, 1.82) is 0 Å². The Balaban J connectivity index is 0.000000292. The molecule has 0 saturated carbocycles. The highest BCUT2D eigenvalue weighted by molar-refractivity contribution is 4.96. The third-order valence-electron chi connectivity index (χ3n) is 6.41. The first-order valence-corrected chi connectivity index (χ1v) is 11.8. The van der Waals surface area contributed by atoms with Crippen molar-refractivity contribution >= 4 is 0 Å². The summed E-state index contributed by atoms with van der Waals surface area (Å²) >= 11 is 0. The Hall–Kier alpha value is -0.720. The molecule has 0 bridgehead atoms. The molecule has 3 aliphatic rings. The summed E-state index contributed by atoms with van der Waals surface area (Å²) in [6.07, 6.45) is -15.4. The Morgan fingerprint density at radius 1 is 0.538 bits per heavy atom. The summed E-state index contributed by atoms with van der Waals surface area (Å²) < 4.78 is 29.1. The van der Waals surface area contributed by atoms with Crippen LogP contribution >= 0.6 is 0 Å². The Kier molecular flexibility index (Phi) is 15.5. The molecule has 234 valence electrons. The summed E-state index contributed by atoms with van der Waals surface area (Å²) in [6, 6.07) is 0. The highest BCUT2D eigenvalue weighted by Gasteiger charge is 2.54. The van der Waals surface area contributed by atoms with Crippen LogP contribution in [-0.4, -0.2) is 195 Å². The van der Waals surface area contributed by atoms with E-state index in [-0.39, 0.29) is 0 Å². The minimum atomic E-state index is -1.62. The molecule has 3 fully saturated rings. The maximum Gasteiger partial charge on any atom is 0.221 e. The van der Waals surface area contributed by atoms with E-state index < -0.39 is 112 Å². The molecular formula is C21H42O18. The molecule has 0 radical (unpaired) electrons. The van der Waals surface area contributed by atoms with Gasteiger partial charge in [-0.2, -0.15) is 0 Å². The van der Waals surface area contributed by atoms with Gasteiger partial charge in [-0.25, -0.2) is 0 Å². The second kappa shape index (κ2) is 16.7. The average Bonchev–Trinajstić information content (AvgIpc) is 3.21. The van der Waals surface area contributed by atoms with Gasteiger partial charge < -0.3 is 89.7 Å². The molecule has 18 heteroatoms. The van der Waals surface area contributed by atoms with E-state index in [9.17, 15) is 40.9 Å². The number of ether oxygens (including phenoxy) is 6. The molecule has 3 aliphatic heterocycles. The fraction of sp³-hybridized carbons (Fsp3) is 1.00. The van der Waals surface area contributed by atoms with Crippen molar-refractivity contribution in [1.82, 2.24) is 0 Å². The number of aliphatic hydroxyl groups excluding tert-OH is 12. The molecule has 0 amide bonds. The fourth-order valence-electron chi connectivity index (χ4n) is 3.89. The Morgan fingerprint density at radius 2 is 0.923 bits per heavy atom. The van der Waals surface area contributed by atoms with Crippen molar-refractivity contribution < 1.29 is 89.7 Å². The van der Waals surface area contributed by atoms with Gasteiger partial charge in [0, 0.05) is 21.3 Å². The van der Waals surface area contributed by atoms with Crippen LogP contribution in [0.25, 0.3) is 0 Å². The van der Waals surface area contributed by atoms with E-state index >= 15 is 0 Å². The first kappa shape index (κ1) is 36.3. The number of rotatable bonds is 7. The van der Waals surface area contributed by atoms with Crippen LogP contribution < -0.4 is 0 Å². The summed E-state index contributed by atoms with van der Waals surface area (Å²) in [6.45, 7) is -1.91. The summed E-state index contributed by atoms with van der Waals surface area (Å²) in [5.41, 5.74) is 0. The minimum Gasteiger partial charge on any atom is -0.394 e. The largest absolute Gasteiger partial charge is 0.394 e. The topological polar surface area (TPSA) is 298 Å². The predicted octanol–water partition coefficient (Wildman–Crippen LogP) is -7.70. The zero-order valence-corrected chi connectivity index (χ0v) is 21.7. The highest BCUT2D eigenvalue weighted by Crippen LogP contribution is 2.31. The molecule has 3 heterocycles. The molecule has 0 aromatic rings. The zero-order chi connectivity index (χ0) is 30.1. The maximum absolute atomic E-state index is 9.44. The predicted molar refractivity (Wildman–Crippen MR) is 122 cm³/mol. The molecule has 0 aromatic heterocycles. The summed E-state index contributed by atoms with van der Waals surface area (Å²) in [5.74, 6) is -1.62. The van der Waals surface area contributed by atoms with E-state index in [0.29, 0.717) is 0 Å². The second-order valence-electron chi connectivity index (χ2n) is 8.81. The molecule has 18 nitrogen and oxygen atoms in total. The van der Waals surface area contributed by atoms with E-state index in [4.69, 9.17) is 48.8 Å². The molecule has 39 heavy (non-hydrogen) atoms. The summed E-state index contributed by atoms with van der Waals surface area (Å²) in [7, 11) is 3.84. The van der Waals surface area contributed by atoms with E-state index in [1.165, 1.54) is 21.3 Å². The number of hydrogen-bond donors (Lipinski definition) is 12. The van der Waals surface area contributed by atoms with Gasteiger partial charge in [0.25, 0.3) is 0 Å². The van der Waals surface area contributed by atoms with E-state index in [2.05, 4.69) is 0 Å². The minimum absolute atomic E-state index is 0.440. The first-order valence-electron chi connectivity index (χ1n) is 11.8. The maximum atomic E-state index is 9.44. The lowest BCUT2D eigenvalue weighted by Crippen LogP contribution is -2.58. The standard InChI is InChI=1S/3C7H14O6/c1-12-7(3-9)6(11)5(10)4(2-8)13-7;2*1-12-7-6(11)5(10)4(9)3(2-8)13-7/h4-6,8-11H,2-3H2,1H3;2*3-11H,2H2,1H3/t4-,5-,6+,7?;3-,4+,5+,6-,7?;3-,4-,5+,6-,7?/m111/s1. The van der Waals surface area contributed by atoms with E-state index in [1.807, 2.05) is 0 Å². The van der Waals surface area contributed by atoms with Crippen molar-refractivity contribution in [3.63, 3.8) is 0 Å². The summed E-state index contributed by atoms with van der Waals surface area (Å²) in [5, 5.41) is 110. The van der Waals surface area contributed by atoms with Gasteiger partial charge >= 0.3 is 0 Å². The van der Waals surface area contributed by atoms with Crippen LogP contribution in [0.3, 0.4) is 0 Å². The van der Waals surface area contributed by atoms with E-state index in [1.54, 1.807) is 0 Å². The van der Waals surface area contributed by atoms with Gasteiger partial charge in [0.2, 0.25) is 5.79 Å². The van der Waals surface area contributed by atoms with Crippen LogP contribution in [0.1, 0.15) is 0 Å². The molecule has 3 rings (SSSR count). The van der Waals surface area contributed by atoms with Gasteiger partial charge in [0.1, 0.15) is 73.8 Å². The molecule has 3 unspecified atom stereocenters. The van der Waals surface area contributed by atoms with Crippen LogP contribution in [0.15, 0.2) is 0 Å². The third-order valence-corrected chi connectivity index (χ3v) is 6.41. The van der Waals surface area contributed by atoms with Crippen molar-refractivity contribution in [3.8, 4) is 0 Å². The second-order valence-corrected chi connectivity index (χ2v) is 8.81. The van der Waals surface area contributed by atoms with Gasteiger partial charge in [-0.1, -0.05) is 0 Å². The molecule has 0 spiro atoms. The number of hydrogen-bond acceptors (Lipinski definition) is 18. The van der Waals surface area contributed by atoms with Crippen LogP contribution in [0.5, 0.6) is 0 Å². The molecule has 12 N–H and O–H groups in total. The molecule has 14 atom stereocenters. The van der Waals surface area contributed by atoms with Gasteiger partial charge in [-0.05, 0) is 0 Å². The SMILES string of the molecule is COC1(CO)O[C@H](CO)[C@@H](O)[C@@H]1O.COC1O[C@H](CO)[C@@H](O)[C@H](O)[C@H]1O.COC1O[C@H](CO)[C@H](O)[C@H](O)[C@H]1O. The van der Waals surface area contributed by atoms with Gasteiger partial charge in [0.15, 0.2) is 12.6 Å². The lowest BCUT2D eigenvalue weighted by Gasteiger charge is -2.38. The van der Waals surface area contributed by atoms with Crippen LogP contribution in [-0.2, 0) is 28.4 Å². The smallest absolute Gasteiger partial charge is 0.221 e. The monoisotopic (exact) mass is 582 g/mol. The third kappa shape index (κ3) is 8.41. The Bertz CT molecular complexity index is 589. The average molecular weight is 583 g/mol. The Labute approximate surface area is 223 Å². The van der Waals surface area contributed by atoms with Gasteiger partial charge in [-0.15, -0.1) is 0 Å². The van der Waals surface area contributed by atoms with Crippen molar-refractivity contribution in [2.24, 2.45) is 0 Å². The fourth-order valence-corrected chi connectivity index (χ4v) is 3.89. The van der Waals surface area contributed by atoms with Crippen molar-refractivity contribution in [2.45, 2.75) is 85.5 Å². The van der Waals surface area contributed by atoms with Crippen LogP contribution in [0.2, 0.25) is 0 Å². The molecular weight excluding hydrogens is 540 g/mol. The summed E-state index contributed by atoms with van der Waals surface area (Å²) in [4.78, 5) is 0. The lowest BCUT2D eigenvalue weighted by atomic mass is 9.99. The quantitative estimate of drug-likeness (QED) is 0.133. The van der Waals surface area contributed by atoms with Gasteiger partial charge in [-0.3, -0.25) is 0 Å². The van der Waals surface area contributed by atoms with Crippen molar-refractivity contribution in [3.05, 3.63) is 0 Å². The van der Waals surface area contributed by atoms with E-state index in [0.717, 1.165) is 0 Å². The number of aliphatic hydroxyl groups is 12. The highest BCUT2D eigenvalue weighted by atomic mass is 16.7. The van der Waals surface area contributed by atoms with Crippen molar-refractivity contribution in [2.75, 3.05) is 47.8 Å². The molecule has 0 aromatic carbocycles. The normalized spacial score (nSPS) is 46.1. The number of methoxy groups -OCH3 is 3. The lowest BCUT2D eigenvalue weighted by molar-refractivity contribution is -0.294. The van der Waals surface area contributed by atoms with Gasteiger partial charge in [0.05, 0.1) is 19.8 Å².